The van der Waals surface area contributed by atoms with Gasteiger partial charge >= 0.3 is 0 Å². The minimum atomic E-state index is -0.294. The highest BCUT2D eigenvalue weighted by molar-refractivity contribution is 5.31. The Bertz CT molecular complexity index is 333. The monoisotopic (exact) mass is 235 g/mol. The summed E-state index contributed by atoms with van der Waals surface area (Å²) in [5.74, 6) is 0. The summed E-state index contributed by atoms with van der Waals surface area (Å²) < 4.78 is 5.59. The summed E-state index contributed by atoms with van der Waals surface area (Å²) >= 11 is 0. The molecular formula is C15H25NO. The Kier molecular flexibility index (Phi) is 5.66. The maximum atomic E-state index is 6.37. The second kappa shape index (κ2) is 6.77. The topological polar surface area (TPSA) is 35.2 Å². The number of nitrogens with two attached hydrogens (primary N) is 1. The van der Waals surface area contributed by atoms with Crippen LogP contribution in [0.25, 0.3) is 0 Å². The molecule has 0 radical (unpaired) electrons. The smallest absolute Gasteiger partial charge is 0.0486 e. The van der Waals surface area contributed by atoms with Crippen molar-refractivity contribution in [3.63, 3.8) is 0 Å². The molecule has 2 heteroatoms. The summed E-state index contributed by atoms with van der Waals surface area (Å²) in [5, 5.41) is 0. The van der Waals surface area contributed by atoms with Crippen molar-refractivity contribution in [3.05, 3.63) is 35.4 Å². The van der Waals surface area contributed by atoms with Gasteiger partial charge in [-0.3, -0.25) is 0 Å². The predicted octanol–water partition coefficient (Wildman–Crippen LogP) is 3.38. The molecule has 96 valence electrons. The zero-order valence-corrected chi connectivity index (χ0v) is 11.3. The highest BCUT2D eigenvalue weighted by atomic mass is 16.5. The number of hydrogen-bond donors (Lipinski definition) is 1. The van der Waals surface area contributed by atoms with Crippen LogP contribution in [0.15, 0.2) is 24.3 Å². The SMILES string of the molecule is CCCCOCCC(C)(N)c1ccccc1C. The number of ether oxygens (including phenoxy) is 1. The van der Waals surface area contributed by atoms with Crippen molar-refractivity contribution in [2.45, 2.75) is 45.6 Å². The van der Waals surface area contributed by atoms with Gasteiger partial charge in [0.15, 0.2) is 0 Å². The average molecular weight is 235 g/mol. The lowest BCUT2D eigenvalue weighted by atomic mass is 9.87. The molecule has 0 saturated carbocycles. The fraction of sp³-hybridized carbons (Fsp3) is 0.600. The van der Waals surface area contributed by atoms with Gasteiger partial charge in [-0.05, 0) is 37.8 Å². The quantitative estimate of drug-likeness (QED) is 0.735. The first-order valence-electron chi connectivity index (χ1n) is 6.50. The molecule has 0 amide bonds. The molecule has 0 aromatic heterocycles. The van der Waals surface area contributed by atoms with Crippen LogP contribution in [0.2, 0.25) is 0 Å². The van der Waals surface area contributed by atoms with Crippen molar-refractivity contribution in [3.8, 4) is 0 Å². The van der Waals surface area contributed by atoms with Gasteiger partial charge in [-0.2, -0.15) is 0 Å². The first kappa shape index (κ1) is 14.2. The molecule has 1 aromatic carbocycles. The summed E-state index contributed by atoms with van der Waals surface area (Å²) in [5.41, 5.74) is 8.56. The zero-order valence-electron chi connectivity index (χ0n) is 11.3. The minimum absolute atomic E-state index is 0.294. The molecule has 1 atom stereocenters. The number of benzene rings is 1. The molecule has 0 saturated heterocycles. The summed E-state index contributed by atoms with van der Waals surface area (Å²) in [4.78, 5) is 0. The summed E-state index contributed by atoms with van der Waals surface area (Å²) in [6.07, 6.45) is 3.17. The largest absolute Gasteiger partial charge is 0.381 e. The second-order valence-electron chi connectivity index (χ2n) is 4.95. The molecule has 0 aliphatic carbocycles. The van der Waals surface area contributed by atoms with E-state index in [1.54, 1.807) is 0 Å². The molecule has 0 aliphatic rings. The van der Waals surface area contributed by atoms with Crippen LogP contribution in [0, 0.1) is 6.92 Å². The maximum Gasteiger partial charge on any atom is 0.0486 e. The summed E-state index contributed by atoms with van der Waals surface area (Å²) in [7, 11) is 0. The van der Waals surface area contributed by atoms with Crippen molar-refractivity contribution in [1.29, 1.82) is 0 Å². The fourth-order valence-electron chi connectivity index (χ4n) is 1.98. The van der Waals surface area contributed by atoms with Gasteiger partial charge in [0.05, 0.1) is 0 Å². The van der Waals surface area contributed by atoms with E-state index in [2.05, 4.69) is 32.9 Å². The Labute approximate surface area is 105 Å². The summed E-state index contributed by atoms with van der Waals surface area (Å²) in [6.45, 7) is 7.95. The number of rotatable bonds is 7. The van der Waals surface area contributed by atoms with Gasteiger partial charge in [0.2, 0.25) is 0 Å². The fourth-order valence-corrected chi connectivity index (χ4v) is 1.98. The third kappa shape index (κ3) is 4.49. The molecule has 2 nitrogen and oxygen atoms in total. The van der Waals surface area contributed by atoms with E-state index in [1.165, 1.54) is 17.5 Å². The molecular weight excluding hydrogens is 210 g/mol. The Morgan fingerprint density at radius 1 is 1.24 bits per heavy atom. The number of hydrogen-bond acceptors (Lipinski definition) is 2. The Hall–Kier alpha value is -0.860. The van der Waals surface area contributed by atoms with E-state index in [-0.39, 0.29) is 5.54 Å². The van der Waals surface area contributed by atoms with Crippen molar-refractivity contribution in [1.82, 2.24) is 0 Å². The van der Waals surface area contributed by atoms with Gasteiger partial charge in [-0.1, -0.05) is 37.6 Å². The van der Waals surface area contributed by atoms with Crippen LogP contribution in [0.5, 0.6) is 0 Å². The Morgan fingerprint density at radius 2 is 1.94 bits per heavy atom. The molecule has 0 heterocycles. The van der Waals surface area contributed by atoms with E-state index in [1.807, 2.05) is 12.1 Å². The second-order valence-corrected chi connectivity index (χ2v) is 4.95. The normalized spacial score (nSPS) is 14.6. The molecule has 0 aliphatic heterocycles. The molecule has 1 aromatic rings. The van der Waals surface area contributed by atoms with Crippen LogP contribution in [-0.4, -0.2) is 13.2 Å². The van der Waals surface area contributed by atoms with Crippen molar-refractivity contribution >= 4 is 0 Å². The molecule has 1 unspecified atom stereocenters. The molecule has 1 rings (SSSR count). The number of aryl methyl sites for hydroxylation is 1. The van der Waals surface area contributed by atoms with E-state index < -0.39 is 0 Å². The van der Waals surface area contributed by atoms with E-state index in [4.69, 9.17) is 10.5 Å². The van der Waals surface area contributed by atoms with E-state index in [0.29, 0.717) is 0 Å². The first-order chi connectivity index (χ1) is 8.08. The molecule has 17 heavy (non-hydrogen) atoms. The number of unbranched alkanes of at least 4 members (excludes halogenated alkanes) is 1. The predicted molar refractivity (Wildman–Crippen MR) is 73.1 cm³/mol. The van der Waals surface area contributed by atoms with Gasteiger partial charge in [-0.15, -0.1) is 0 Å². The average Bonchev–Trinajstić information content (AvgIpc) is 2.29. The van der Waals surface area contributed by atoms with Crippen molar-refractivity contribution in [2.24, 2.45) is 5.73 Å². The van der Waals surface area contributed by atoms with Gasteiger partial charge in [-0.25, -0.2) is 0 Å². The van der Waals surface area contributed by atoms with Gasteiger partial charge < -0.3 is 10.5 Å². The third-order valence-electron chi connectivity index (χ3n) is 3.17. The van der Waals surface area contributed by atoms with Crippen LogP contribution in [0.3, 0.4) is 0 Å². The molecule has 0 bridgehead atoms. The van der Waals surface area contributed by atoms with Gasteiger partial charge in [0.25, 0.3) is 0 Å². The molecule has 0 fully saturated rings. The van der Waals surface area contributed by atoms with Crippen LogP contribution in [0.1, 0.15) is 44.2 Å². The van der Waals surface area contributed by atoms with Gasteiger partial charge in [0.1, 0.15) is 0 Å². The lowest BCUT2D eigenvalue weighted by Crippen LogP contribution is -2.35. The zero-order chi connectivity index (χ0) is 12.7. The maximum absolute atomic E-state index is 6.37. The Balaban J connectivity index is 2.48. The van der Waals surface area contributed by atoms with Crippen LogP contribution >= 0.6 is 0 Å². The highest BCUT2D eigenvalue weighted by Gasteiger charge is 2.22. The van der Waals surface area contributed by atoms with E-state index in [9.17, 15) is 0 Å². The van der Waals surface area contributed by atoms with Crippen molar-refractivity contribution < 1.29 is 4.74 Å². The van der Waals surface area contributed by atoms with Crippen LogP contribution in [0.4, 0.5) is 0 Å². The van der Waals surface area contributed by atoms with Crippen LogP contribution < -0.4 is 5.73 Å². The highest BCUT2D eigenvalue weighted by Crippen LogP contribution is 2.24. The van der Waals surface area contributed by atoms with E-state index in [0.717, 1.165) is 26.1 Å². The first-order valence-corrected chi connectivity index (χ1v) is 6.50. The minimum Gasteiger partial charge on any atom is -0.381 e. The van der Waals surface area contributed by atoms with Crippen LogP contribution in [-0.2, 0) is 10.3 Å². The van der Waals surface area contributed by atoms with Crippen molar-refractivity contribution in [2.75, 3.05) is 13.2 Å². The molecule has 2 N–H and O–H groups in total. The van der Waals surface area contributed by atoms with Gasteiger partial charge in [0, 0.05) is 18.8 Å². The van der Waals surface area contributed by atoms with E-state index >= 15 is 0 Å². The standard InChI is InChI=1S/C15H25NO/c1-4-5-11-17-12-10-15(3,16)14-9-7-6-8-13(14)2/h6-9H,4-5,10-12,16H2,1-3H3. The summed E-state index contributed by atoms with van der Waals surface area (Å²) in [6, 6.07) is 8.32. The Morgan fingerprint density at radius 3 is 2.59 bits per heavy atom. The third-order valence-corrected chi connectivity index (χ3v) is 3.17. The lowest BCUT2D eigenvalue weighted by molar-refractivity contribution is 0.114. The lowest BCUT2D eigenvalue weighted by Gasteiger charge is -2.27. The molecule has 0 spiro atoms.